The Kier molecular flexibility index (Phi) is 0.881. The van der Waals surface area contributed by atoms with Crippen LogP contribution in [0.2, 0.25) is 0 Å². The van der Waals surface area contributed by atoms with Crippen molar-refractivity contribution in [1.82, 2.24) is 5.01 Å². The molecule has 0 fully saturated rings. The number of hydrogen-bond acceptors (Lipinski definition) is 3. The molecule has 0 saturated heterocycles. The zero-order chi connectivity index (χ0) is 6.15. The van der Waals surface area contributed by atoms with E-state index in [0.717, 1.165) is 12.2 Å². The summed E-state index contributed by atoms with van der Waals surface area (Å²) >= 11 is 0. The number of carbonyl (C=O) groups is 2. The van der Waals surface area contributed by atoms with E-state index in [2.05, 4.69) is 0 Å². The van der Waals surface area contributed by atoms with Gasteiger partial charge in [0.1, 0.15) is 0 Å². The Morgan fingerprint density at radius 1 is 1.25 bits per heavy atom. The number of hydrogen-bond donors (Lipinski definition) is 1. The molecule has 8 heavy (non-hydrogen) atoms. The summed E-state index contributed by atoms with van der Waals surface area (Å²) in [5.41, 5.74) is 0. The molecule has 1 heterocycles. The van der Waals surface area contributed by atoms with E-state index in [1.807, 2.05) is 0 Å². The van der Waals surface area contributed by atoms with Crippen LogP contribution < -0.4 is 5.84 Å². The fraction of sp³-hybridized carbons (Fsp3) is 0. The molecule has 0 aromatic carbocycles. The molecule has 1 aliphatic rings. The van der Waals surface area contributed by atoms with Crippen LogP contribution in [0, 0.1) is 0 Å². The lowest BCUT2D eigenvalue weighted by Gasteiger charge is -2.01. The number of carbonyl (C=O) groups excluding carboxylic acids is 2. The third-order valence-electron chi connectivity index (χ3n) is 0.843. The van der Waals surface area contributed by atoms with Crippen LogP contribution in [0.3, 0.4) is 0 Å². The molecule has 0 unspecified atom stereocenters. The van der Waals surface area contributed by atoms with E-state index in [-0.39, 0.29) is 0 Å². The van der Waals surface area contributed by atoms with Crippen LogP contribution in [-0.4, -0.2) is 16.8 Å². The fourth-order valence-corrected chi connectivity index (χ4v) is 0.412. The van der Waals surface area contributed by atoms with Gasteiger partial charge in [0, 0.05) is 12.2 Å². The third kappa shape index (κ3) is 0.509. The number of imide groups is 1. The molecule has 2 amide bonds. The maximum Gasteiger partial charge on any atom is 0.268 e. The third-order valence-corrected chi connectivity index (χ3v) is 0.843. The Balaban J connectivity index is 2.84. The molecule has 2 N–H and O–H groups in total. The summed E-state index contributed by atoms with van der Waals surface area (Å²) in [4.78, 5) is 20.6. The van der Waals surface area contributed by atoms with Gasteiger partial charge in [0.05, 0.1) is 0 Å². The predicted octanol–water partition coefficient (Wildman–Crippen LogP) is -1.21. The Morgan fingerprint density at radius 2 is 1.62 bits per heavy atom. The summed E-state index contributed by atoms with van der Waals surface area (Å²) in [5, 5.41) is 0.556. The summed E-state index contributed by atoms with van der Waals surface area (Å²) in [6, 6.07) is 0. The van der Waals surface area contributed by atoms with Crippen molar-refractivity contribution in [2.45, 2.75) is 0 Å². The van der Waals surface area contributed by atoms with E-state index in [9.17, 15) is 9.59 Å². The number of nitrogens with two attached hydrogens (primary N) is 1. The smallest absolute Gasteiger partial charge is 0.268 e. The van der Waals surface area contributed by atoms with Gasteiger partial charge in [-0.15, -0.1) is 0 Å². The summed E-state index contributed by atoms with van der Waals surface area (Å²) < 4.78 is 0. The Bertz CT molecular complexity index is 155. The van der Waals surface area contributed by atoms with Crippen LogP contribution >= 0.6 is 0 Å². The van der Waals surface area contributed by atoms with Crippen LogP contribution in [0.15, 0.2) is 12.2 Å². The molecule has 1 rings (SSSR count). The van der Waals surface area contributed by atoms with E-state index in [1.54, 1.807) is 0 Å². The second kappa shape index (κ2) is 1.41. The van der Waals surface area contributed by atoms with Gasteiger partial charge in [0.2, 0.25) is 0 Å². The minimum Gasteiger partial charge on any atom is -0.268 e. The Hall–Kier alpha value is -1.16. The molecule has 0 spiro atoms. The first-order chi connectivity index (χ1) is 3.72. The highest BCUT2D eigenvalue weighted by atomic mass is 16.2. The van der Waals surface area contributed by atoms with E-state index >= 15 is 0 Å². The topological polar surface area (TPSA) is 63.4 Å². The van der Waals surface area contributed by atoms with Crippen LogP contribution in [0.1, 0.15) is 0 Å². The van der Waals surface area contributed by atoms with Crippen LogP contribution in [-0.2, 0) is 9.59 Å². The van der Waals surface area contributed by atoms with Crippen molar-refractivity contribution in [2.24, 2.45) is 5.84 Å². The van der Waals surface area contributed by atoms with Gasteiger partial charge in [-0.05, 0) is 0 Å². The molecule has 4 heteroatoms. The number of rotatable bonds is 0. The van der Waals surface area contributed by atoms with Crippen molar-refractivity contribution in [3.05, 3.63) is 12.2 Å². The average Bonchev–Trinajstić information content (AvgIpc) is 1.98. The van der Waals surface area contributed by atoms with Crippen molar-refractivity contribution in [3.63, 3.8) is 0 Å². The monoisotopic (exact) mass is 112 g/mol. The first-order valence-corrected chi connectivity index (χ1v) is 2.02. The molecule has 0 atom stereocenters. The summed E-state index contributed by atoms with van der Waals surface area (Å²) in [6.45, 7) is 0. The van der Waals surface area contributed by atoms with Gasteiger partial charge >= 0.3 is 0 Å². The molecular formula is C4H4N2O2. The van der Waals surface area contributed by atoms with E-state index in [0.29, 0.717) is 5.01 Å². The van der Waals surface area contributed by atoms with Crippen LogP contribution in [0.5, 0.6) is 0 Å². The summed E-state index contributed by atoms with van der Waals surface area (Å²) in [5.74, 6) is 3.97. The van der Waals surface area contributed by atoms with Gasteiger partial charge in [0.25, 0.3) is 11.8 Å². The molecule has 0 saturated carbocycles. The van der Waals surface area contributed by atoms with Gasteiger partial charge in [-0.25, -0.2) is 10.9 Å². The lowest BCUT2D eigenvalue weighted by molar-refractivity contribution is -0.137. The normalized spacial score (nSPS) is 18.4. The van der Waals surface area contributed by atoms with Gasteiger partial charge < -0.3 is 0 Å². The molecule has 4 nitrogen and oxygen atoms in total. The van der Waals surface area contributed by atoms with Crippen molar-refractivity contribution < 1.29 is 9.59 Å². The Labute approximate surface area is 45.5 Å². The minimum atomic E-state index is -0.463. The van der Waals surface area contributed by atoms with Crippen molar-refractivity contribution >= 4 is 11.8 Å². The van der Waals surface area contributed by atoms with Crippen LogP contribution in [0.4, 0.5) is 0 Å². The largest absolute Gasteiger partial charge is 0.268 e. The first-order valence-electron chi connectivity index (χ1n) is 2.02. The highest BCUT2D eigenvalue weighted by molar-refractivity contribution is 6.12. The molecule has 0 aliphatic carbocycles. The van der Waals surface area contributed by atoms with E-state index in [1.165, 1.54) is 0 Å². The molecular weight excluding hydrogens is 108 g/mol. The van der Waals surface area contributed by atoms with Gasteiger partial charge in [0.15, 0.2) is 0 Å². The fourth-order valence-electron chi connectivity index (χ4n) is 0.412. The van der Waals surface area contributed by atoms with Crippen LogP contribution in [0.25, 0.3) is 0 Å². The lowest BCUT2D eigenvalue weighted by Crippen LogP contribution is -2.36. The maximum absolute atomic E-state index is 10.3. The second-order valence-corrected chi connectivity index (χ2v) is 1.38. The molecule has 0 aromatic heterocycles. The highest BCUT2D eigenvalue weighted by Gasteiger charge is 2.18. The van der Waals surface area contributed by atoms with Crippen molar-refractivity contribution in [3.8, 4) is 0 Å². The predicted molar refractivity (Wildman–Crippen MR) is 25.2 cm³/mol. The zero-order valence-electron chi connectivity index (χ0n) is 4.00. The Morgan fingerprint density at radius 3 is 1.75 bits per heavy atom. The zero-order valence-corrected chi connectivity index (χ0v) is 4.00. The van der Waals surface area contributed by atoms with E-state index < -0.39 is 11.8 Å². The first kappa shape index (κ1) is 4.99. The summed E-state index contributed by atoms with van der Waals surface area (Å²) in [7, 11) is 0. The minimum absolute atomic E-state index is 0.463. The molecule has 0 aromatic rings. The molecule has 0 bridgehead atoms. The molecule has 1 aliphatic heterocycles. The number of hydrazine groups is 1. The molecule has 42 valence electrons. The van der Waals surface area contributed by atoms with Crippen molar-refractivity contribution in [2.75, 3.05) is 0 Å². The standard InChI is InChI=1S/C4H4N2O2/c5-6-3(7)1-2-4(6)8/h1-2H,5H2. The SMILES string of the molecule is NN1C(=O)C=CC1=O. The lowest BCUT2D eigenvalue weighted by atomic mass is 10.6. The van der Waals surface area contributed by atoms with Gasteiger partial charge in [-0.2, -0.15) is 0 Å². The van der Waals surface area contributed by atoms with Gasteiger partial charge in [-0.1, -0.05) is 0 Å². The second-order valence-electron chi connectivity index (χ2n) is 1.38. The van der Waals surface area contributed by atoms with Crippen molar-refractivity contribution in [1.29, 1.82) is 0 Å². The number of nitrogens with zero attached hydrogens (tertiary/aromatic N) is 1. The van der Waals surface area contributed by atoms with Gasteiger partial charge in [-0.3, -0.25) is 9.59 Å². The highest BCUT2D eigenvalue weighted by Crippen LogP contribution is 1.94. The maximum atomic E-state index is 10.3. The number of amides is 2. The molecule has 0 radical (unpaired) electrons. The quantitative estimate of drug-likeness (QED) is 0.243. The van der Waals surface area contributed by atoms with E-state index in [4.69, 9.17) is 5.84 Å². The average molecular weight is 112 g/mol. The summed E-state index contributed by atoms with van der Waals surface area (Å²) in [6.07, 6.45) is 2.25.